The zero-order valence-corrected chi connectivity index (χ0v) is 18.7. The summed E-state index contributed by atoms with van der Waals surface area (Å²) in [5.41, 5.74) is 5.19. The maximum absolute atomic E-state index is 12.6. The third kappa shape index (κ3) is 3.73. The Balaban J connectivity index is 1.40. The molecule has 8 heteroatoms. The fraction of sp³-hybridized carbons (Fsp3) is 0.458. The first-order valence-electron chi connectivity index (χ1n) is 11.1. The molecule has 4 heterocycles. The number of amides is 1. The zero-order chi connectivity index (χ0) is 22.2. The van der Waals surface area contributed by atoms with Crippen LogP contribution in [-0.4, -0.2) is 64.9 Å². The second-order valence-corrected chi connectivity index (χ2v) is 8.74. The van der Waals surface area contributed by atoms with Crippen molar-refractivity contribution in [1.82, 2.24) is 24.8 Å². The van der Waals surface area contributed by atoms with Crippen LogP contribution in [0.25, 0.3) is 16.9 Å². The average molecular weight is 436 g/mol. The third-order valence-electron chi connectivity index (χ3n) is 6.58. The Labute approximate surface area is 187 Å². The number of nitrogens with zero attached hydrogens (tertiary/aromatic N) is 4. The number of benzene rings is 1. The Morgan fingerprint density at radius 1 is 1.25 bits per heavy atom. The van der Waals surface area contributed by atoms with E-state index in [2.05, 4.69) is 10.2 Å². The number of fused-ring (bicyclic) bond motifs is 6. The molecule has 0 aliphatic carbocycles. The molecule has 0 unspecified atom stereocenters. The van der Waals surface area contributed by atoms with E-state index in [-0.39, 0.29) is 18.0 Å². The molecule has 1 amide bonds. The lowest BCUT2D eigenvalue weighted by molar-refractivity contribution is -0.124. The van der Waals surface area contributed by atoms with Gasteiger partial charge in [0.25, 0.3) is 0 Å². The predicted molar refractivity (Wildman–Crippen MR) is 121 cm³/mol. The van der Waals surface area contributed by atoms with Crippen LogP contribution in [-0.2, 0) is 16.0 Å². The lowest BCUT2D eigenvalue weighted by Crippen LogP contribution is -2.47. The van der Waals surface area contributed by atoms with Gasteiger partial charge in [0, 0.05) is 55.0 Å². The monoisotopic (exact) mass is 435 g/mol. The van der Waals surface area contributed by atoms with Crippen molar-refractivity contribution in [1.29, 1.82) is 0 Å². The highest BCUT2D eigenvalue weighted by atomic mass is 16.5. The lowest BCUT2D eigenvalue weighted by Gasteiger charge is -2.35. The van der Waals surface area contributed by atoms with Crippen molar-refractivity contribution >= 4 is 11.6 Å². The van der Waals surface area contributed by atoms with E-state index >= 15 is 0 Å². The number of hydrogen-bond donors (Lipinski definition) is 1. The zero-order valence-electron chi connectivity index (χ0n) is 18.7. The van der Waals surface area contributed by atoms with Crippen molar-refractivity contribution in [2.45, 2.75) is 44.3 Å². The summed E-state index contributed by atoms with van der Waals surface area (Å²) in [4.78, 5) is 19.6. The standard InChI is InChI=1S/C24H29N5O3/c1-15(14-31-2)26-24(30)13-28-17-6-9-21(28)19-12-25-23-11-20(27-29(23)22(19)10-17)16-4-7-18(32-3)8-5-16/h4-5,7-8,11-12,15,17,21H,6,9-10,13-14H2,1-3H3,(H,26,30)/t15-,17+,21+/m1/s1. The van der Waals surface area contributed by atoms with Crippen molar-refractivity contribution in [2.24, 2.45) is 0 Å². The smallest absolute Gasteiger partial charge is 0.234 e. The first kappa shape index (κ1) is 20.9. The minimum absolute atomic E-state index is 0.00368. The molecule has 168 valence electrons. The van der Waals surface area contributed by atoms with Gasteiger partial charge in [-0.3, -0.25) is 9.69 Å². The highest BCUT2D eigenvalue weighted by Crippen LogP contribution is 2.43. The van der Waals surface area contributed by atoms with Gasteiger partial charge in [-0.1, -0.05) is 0 Å². The fourth-order valence-corrected chi connectivity index (χ4v) is 5.11. The Hall–Kier alpha value is -2.97. The molecule has 0 radical (unpaired) electrons. The Bertz CT molecular complexity index is 1130. The van der Waals surface area contributed by atoms with Crippen LogP contribution >= 0.6 is 0 Å². The normalized spacial score (nSPS) is 20.8. The minimum atomic E-state index is 0.00368. The SMILES string of the molecule is COC[C@@H](C)NC(=O)CN1[C@H]2CC[C@H]1c1cnc3cc(-c4ccc(OC)cc4)nn3c1C2. The van der Waals surface area contributed by atoms with Gasteiger partial charge in [-0.25, -0.2) is 9.50 Å². The van der Waals surface area contributed by atoms with Crippen LogP contribution in [0.1, 0.15) is 37.1 Å². The van der Waals surface area contributed by atoms with E-state index in [0.717, 1.165) is 41.9 Å². The Morgan fingerprint density at radius 2 is 2.06 bits per heavy atom. The van der Waals surface area contributed by atoms with E-state index in [0.29, 0.717) is 19.2 Å². The number of aromatic nitrogens is 3. The summed E-state index contributed by atoms with van der Waals surface area (Å²) in [5, 5.41) is 7.93. The molecule has 0 spiro atoms. The molecule has 0 saturated carbocycles. The van der Waals surface area contributed by atoms with Crippen LogP contribution in [0.15, 0.2) is 36.5 Å². The molecule has 1 fully saturated rings. The van der Waals surface area contributed by atoms with Crippen LogP contribution < -0.4 is 10.1 Å². The maximum Gasteiger partial charge on any atom is 0.234 e. The summed E-state index contributed by atoms with van der Waals surface area (Å²) in [6, 6.07) is 10.5. The van der Waals surface area contributed by atoms with Gasteiger partial charge in [-0.05, 0) is 44.0 Å². The van der Waals surface area contributed by atoms with Crippen molar-refractivity contribution in [3.05, 3.63) is 47.8 Å². The van der Waals surface area contributed by atoms with Crippen LogP contribution in [0.5, 0.6) is 5.75 Å². The summed E-state index contributed by atoms with van der Waals surface area (Å²) in [5.74, 6) is 0.871. The average Bonchev–Trinajstić information content (AvgIpc) is 3.33. The number of rotatable bonds is 7. The summed E-state index contributed by atoms with van der Waals surface area (Å²) >= 11 is 0. The van der Waals surface area contributed by atoms with E-state index in [4.69, 9.17) is 19.6 Å². The molecule has 8 nitrogen and oxygen atoms in total. The van der Waals surface area contributed by atoms with E-state index in [1.165, 1.54) is 11.3 Å². The molecule has 1 N–H and O–H groups in total. The molecular weight excluding hydrogens is 406 g/mol. The molecule has 5 rings (SSSR count). The van der Waals surface area contributed by atoms with E-state index in [1.54, 1.807) is 14.2 Å². The summed E-state index contributed by atoms with van der Waals surface area (Å²) < 4.78 is 12.4. The van der Waals surface area contributed by atoms with Gasteiger partial charge in [-0.15, -0.1) is 0 Å². The third-order valence-corrected chi connectivity index (χ3v) is 6.58. The van der Waals surface area contributed by atoms with Gasteiger partial charge in [0.05, 0.1) is 31.6 Å². The van der Waals surface area contributed by atoms with Crippen LogP contribution in [0, 0.1) is 0 Å². The largest absolute Gasteiger partial charge is 0.497 e. The highest BCUT2D eigenvalue weighted by Gasteiger charge is 2.42. The number of ether oxygens (including phenoxy) is 2. The second kappa shape index (κ2) is 8.52. The number of nitrogens with one attached hydrogen (secondary N) is 1. The minimum Gasteiger partial charge on any atom is -0.497 e. The number of methoxy groups -OCH3 is 2. The van der Waals surface area contributed by atoms with Crippen molar-refractivity contribution in [2.75, 3.05) is 27.4 Å². The summed E-state index contributed by atoms with van der Waals surface area (Å²) in [6.45, 7) is 2.87. The molecule has 2 bridgehead atoms. The molecular formula is C24H29N5O3. The fourth-order valence-electron chi connectivity index (χ4n) is 5.11. The Morgan fingerprint density at radius 3 is 2.81 bits per heavy atom. The van der Waals surface area contributed by atoms with Gasteiger partial charge < -0.3 is 14.8 Å². The Kier molecular flexibility index (Phi) is 5.57. The summed E-state index contributed by atoms with van der Waals surface area (Å²) in [7, 11) is 3.31. The number of carbonyl (C=O) groups excluding carboxylic acids is 1. The molecule has 32 heavy (non-hydrogen) atoms. The molecule has 1 aromatic carbocycles. The highest BCUT2D eigenvalue weighted by molar-refractivity contribution is 5.78. The van der Waals surface area contributed by atoms with Gasteiger partial charge in [0.1, 0.15) is 5.75 Å². The first-order chi connectivity index (χ1) is 15.6. The molecule has 3 aromatic rings. The van der Waals surface area contributed by atoms with E-state index in [9.17, 15) is 4.79 Å². The van der Waals surface area contributed by atoms with Crippen LogP contribution in [0.4, 0.5) is 0 Å². The van der Waals surface area contributed by atoms with Gasteiger partial charge in [0.2, 0.25) is 5.91 Å². The van der Waals surface area contributed by atoms with Crippen molar-refractivity contribution in [3.8, 4) is 17.0 Å². The summed E-state index contributed by atoms with van der Waals surface area (Å²) in [6.07, 6.45) is 4.97. The molecule has 2 aliphatic heterocycles. The van der Waals surface area contributed by atoms with Crippen LogP contribution in [0.3, 0.4) is 0 Å². The van der Waals surface area contributed by atoms with Gasteiger partial charge in [0.15, 0.2) is 5.65 Å². The molecule has 3 atom stereocenters. The quantitative estimate of drug-likeness (QED) is 0.615. The molecule has 2 aliphatic rings. The molecule has 1 saturated heterocycles. The first-order valence-corrected chi connectivity index (χ1v) is 11.1. The lowest BCUT2D eigenvalue weighted by atomic mass is 9.99. The second-order valence-electron chi connectivity index (χ2n) is 8.74. The van der Waals surface area contributed by atoms with Gasteiger partial charge in [-0.2, -0.15) is 5.10 Å². The number of carbonyl (C=O) groups is 1. The number of hydrogen-bond acceptors (Lipinski definition) is 6. The van der Waals surface area contributed by atoms with Crippen LogP contribution in [0.2, 0.25) is 0 Å². The van der Waals surface area contributed by atoms with E-state index in [1.807, 2.05) is 48.0 Å². The van der Waals surface area contributed by atoms with Gasteiger partial charge >= 0.3 is 0 Å². The van der Waals surface area contributed by atoms with Crippen molar-refractivity contribution in [3.63, 3.8) is 0 Å². The predicted octanol–water partition coefficient (Wildman–Crippen LogP) is 2.62. The maximum atomic E-state index is 12.6. The topological polar surface area (TPSA) is 81.0 Å². The van der Waals surface area contributed by atoms with E-state index < -0.39 is 0 Å². The van der Waals surface area contributed by atoms with Crippen molar-refractivity contribution < 1.29 is 14.3 Å². The molecule has 2 aromatic heterocycles.